The number of ether oxygens (including phenoxy) is 1. The van der Waals surface area contributed by atoms with Gasteiger partial charge < -0.3 is 14.9 Å². The first-order chi connectivity index (χ1) is 10.1. The zero-order valence-electron chi connectivity index (χ0n) is 11.3. The summed E-state index contributed by atoms with van der Waals surface area (Å²) in [6.07, 6.45) is 1.24. The van der Waals surface area contributed by atoms with E-state index < -0.39 is 5.91 Å². The number of nitrogens with zero attached hydrogens (tertiary/aromatic N) is 1. The second kappa shape index (κ2) is 6.42. The van der Waals surface area contributed by atoms with E-state index in [-0.39, 0.29) is 11.5 Å². The molecule has 0 bridgehead atoms. The quantitative estimate of drug-likeness (QED) is 0.454. The van der Waals surface area contributed by atoms with Crippen molar-refractivity contribution < 1.29 is 19.7 Å². The Labute approximate surface area is 121 Å². The van der Waals surface area contributed by atoms with Crippen molar-refractivity contribution in [1.82, 2.24) is 5.43 Å². The van der Waals surface area contributed by atoms with Gasteiger partial charge in [-0.1, -0.05) is 6.07 Å². The average Bonchev–Trinajstić information content (AvgIpc) is 2.50. The van der Waals surface area contributed by atoms with Crippen molar-refractivity contribution in [2.24, 2.45) is 5.10 Å². The van der Waals surface area contributed by atoms with Crippen molar-refractivity contribution in [3.8, 4) is 17.2 Å². The lowest BCUT2D eigenvalue weighted by Crippen LogP contribution is -2.17. The number of methoxy groups -OCH3 is 1. The van der Waals surface area contributed by atoms with Crippen molar-refractivity contribution in [3.05, 3.63) is 53.6 Å². The van der Waals surface area contributed by atoms with E-state index in [9.17, 15) is 15.0 Å². The van der Waals surface area contributed by atoms with Crippen molar-refractivity contribution >= 4 is 12.1 Å². The monoisotopic (exact) mass is 286 g/mol. The number of hydrogen-bond donors (Lipinski definition) is 3. The summed E-state index contributed by atoms with van der Waals surface area (Å²) in [7, 11) is 1.51. The van der Waals surface area contributed by atoms with Crippen molar-refractivity contribution in [1.29, 1.82) is 0 Å². The molecule has 0 spiro atoms. The Hall–Kier alpha value is -3.02. The molecular weight excluding hydrogens is 272 g/mol. The van der Waals surface area contributed by atoms with Crippen LogP contribution < -0.4 is 10.2 Å². The molecule has 21 heavy (non-hydrogen) atoms. The summed E-state index contributed by atoms with van der Waals surface area (Å²) in [5.74, 6) is 0.0996. The summed E-state index contributed by atoms with van der Waals surface area (Å²) in [6.45, 7) is 0. The number of aromatic hydroxyl groups is 2. The second-order valence-electron chi connectivity index (χ2n) is 4.17. The number of carbonyl (C=O) groups excluding carboxylic acids is 1. The molecule has 0 fully saturated rings. The number of rotatable bonds is 4. The van der Waals surface area contributed by atoms with Crippen LogP contribution in [0, 0.1) is 0 Å². The molecule has 0 aromatic heterocycles. The number of nitrogens with one attached hydrogen (secondary N) is 1. The molecule has 3 N–H and O–H groups in total. The molecule has 1 amide bonds. The predicted octanol–water partition coefficient (Wildman–Crippen LogP) is 1.87. The summed E-state index contributed by atoms with van der Waals surface area (Å²) in [4.78, 5) is 11.9. The topological polar surface area (TPSA) is 91.2 Å². The minimum Gasteiger partial charge on any atom is -0.508 e. The fraction of sp³-hybridized carbons (Fsp3) is 0.0667. The summed E-state index contributed by atoms with van der Waals surface area (Å²) in [5.41, 5.74) is 3.02. The van der Waals surface area contributed by atoms with Gasteiger partial charge in [0.15, 0.2) is 0 Å². The van der Waals surface area contributed by atoms with Crippen LogP contribution in [0.2, 0.25) is 0 Å². The van der Waals surface area contributed by atoms with Crippen LogP contribution in [-0.4, -0.2) is 29.4 Å². The van der Waals surface area contributed by atoms with Crippen LogP contribution in [0.1, 0.15) is 15.9 Å². The highest BCUT2D eigenvalue weighted by Gasteiger charge is 2.05. The van der Waals surface area contributed by atoms with Gasteiger partial charge >= 0.3 is 0 Å². The molecule has 0 unspecified atom stereocenters. The van der Waals surface area contributed by atoms with Crippen LogP contribution in [0.5, 0.6) is 17.2 Å². The minimum atomic E-state index is -0.412. The smallest absolute Gasteiger partial charge is 0.271 e. The third-order valence-electron chi connectivity index (χ3n) is 2.71. The maximum atomic E-state index is 11.9. The summed E-state index contributed by atoms with van der Waals surface area (Å²) < 4.78 is 5.03. The summed E-state index contributed by atoms with van der Waals surface area (Å²) >= 11 is 0. The van der Waals surface area contributed by atoms with E-state index in [1.165, 1.54) is 31.5 Å². The van der Waals surface area contributed by atoms with Gasteiger partial charge in [-0.3, -0.25) is 4.79 Å². The van der Waals surface area contributed by atoms with Crippen molar-refractivity contribution in [2.45, 2.75) is 0 Å². The van der Waals surface area contributed by atoms with Crippen molar-refractivity contribution in [2.75, 3.05) is 7.11 Å². The van der Waals surface area contributed by atoms with E-state index in [0.717, 1.165) is 0 Å². The Bertz CT molecular complexity index is 683. The van der Waals surface area contributed by atoms with Gasteiger partial charge in [0.05, 0.1) is 13.3 Å². The molecule has 108 valence electrons. The zero-order chi connectivity index (χ0) is 15.2. The van der Waals surface area contributed by atoms with Gasteiger partial charge in [0.2, 0.25) is 0 Å². The Balaban J connectivity index is 2.06. The predicted molar refractivity (Wildman–Crippen MR) is 77.8 cm³/mol. The Kier molecular flexibility index (Phi) is 4.40. The standard InChI is InChI=1S/C15H14N2O4/c1-21-13-4-2-3-10(8-13)15(20)17-16-9-11-7-12(18)5-6-14(11)19/h2-9,18-19H,1H3,(H,17,20)/b16-9-. The third-order valence-corrected chi connectivity index (χ3v) is 2.71. The number of hydrogen-bond acceptors (Lipinski definition) is 5. The highest BCUT2D eigenvalue weighted by Crippen LogP contribution is 2.20. The molecule has 6 nitrogen and oxygen atoms in total. The molecule has 2 rings (SSSR count). The number of benzene rings is 2. The highest BCUT2D eigenvalue weighted by molar-refractivity contribution is 5.95. The maximum Gasteiger partial charge on any atom is 0.271 e. The third kappa shape index (κ3) is 3.73. The maximum absolute atomic E-state index is 11.9. The molecule has 0 aliphatic heterocycles. The molecular formula is C15H14N2O4. The van der Waals surface area contributed by atoms with Crippen LogP contribution >= 0.6 is 0 Å². The molecule has 2 aromatic rings. The lowest BCUT2D eigenvalue weighted by molar-refractivity contribution is 0.0954. The van der Waals surface area contributed by atoms with E-state index in [1.807, 2.05) is 0 Å². The highest BCUT2D eigenvalue weighted by atomic mass is 16.5. The lowest BCUT2D eigenvalue weighted by atomic mass is 10.2. The molecule has 0 radical (unpaired) electrons. The Morgan fingerprint density at radius 1 is 1.24 bits per heavy atom. The number of amides is 1. The normalized spacial score (nSPS) is 10.5. The Morgan fingerprint density at radius 3 is 2.81 bits per heavy atom. The van der Waals surface area contributed by atoms with Crippen molar-refractivity contribution in [3.63, 3.8) is 0 Å². The first-order valence-corrected chi connectivity index (χ1v) is 6.09. The van der Waals surface area contributed by atoms with Crippen LogP contribution in [-0.2, 0) is 0 Å². The molecule has 0 saturated heterocycles. The van der Waals surface area contributed by atoms with Gasteiger partial charge in [-0.15, -0.1) is 0 Å². The van der Waals surface area contributed by atoms with Gasteiger partial charge in [0, 0.05) is 11.1 Å². The molecule has 0 aliphatic carbocycles. The second-order valence-corrected chi connectivity index (χ2v) is 4.17. The number of phenolic OH excluding ortho intramolecular Hbond substituents is 2. The van der Waals surface area contributed by atoms with Gasteiger partial charge in [0.1, 0.15) is 17.2 Å². The van der Waals surface area contributed by atoms with Crippen LogP contribution in [0.15, 0.2) is 47.6 Å². The average molecular weight is 286 g/mol. The first-order valence-electron chi connectivity index (χ1n) is 6.09. The van der Waals surface area contributed by atoms with Gasteiger partial charge in [-0.2, -0.15) is 5.10 Å². The molecule has 0 heterocycles. The first kappa shape index (κ1) is 14.4. The number of carbonyl (C=O) groups is 1. The lowest BCUT2D eigenvalue weighted by Gasteiger charge is -2.03. The van der Waals surface area contributed by atoms with Crippen LogP contribution in [0.25, 0.3) is 0 Å². The zero-order valence-corrected chi connectivity index (χ0v) is 11.3. The van der Waals surface area contributed by atoms with Crippen LogP contribution in [0.4, 0.5) is 0 Å². The fourth-order valence-corrected chi connectivity index (χ4v) is 1.63. The molecule has 6 heteroatoms. The number of hydrazone groups is 1. The van der Waals surface area contributed by atoms with Gasteiger partial charge in [-0.25, -0.2) is 5.43 Å². The van der Waals surface area contributed by atoms with E-state index >= 15 is 0 Å². The molecule has 0 atom stereocenters. The number of phenols is 2. The molecule has 0 aliphatic rings. The van der Waals surface area contributed by atoms with E-state index in [0.29, 0.717) is 16.9 Å². The summed E-state index contributed by atoms with van der Waals surface area (Å²) in [5, 5.41) is 22.6. The fourth-order valence-electron chi connectivity index (χ4n) is 1.63. The SMILES string of the molecule is COc1cccc(C(=O)N/N=C\c2cc(O)ccc2O)c1. The van der Waals surface area contributed by atoms with Gasteiger partial charge in [0.25, 0.3) is 5.91 Å². The summed E-state index contributed by atoms with van der Waals surface area (Å²) in [6, 6.07) is 10.6. The Morgan fingerprint density at radius 2 is 2.05 bits per heavy atom. The van der Waals surface area contributed by atoms with E-state index in [4.69, 9.17) is 4.74 Å². The largest absolute Gasteiger partial charge is 0.508 e. The minimum absolute atomic E-state index is 0.00614. The van der Waals surface area contributed by atoms with Crippen LogP contribution in [0.3, 0.4) is 0 Å². The molecule has 0 saturated carbocycles. The van der Waals surface area contributed by atoms with E-state index in [2.05, 4.69) is 10.5 Å². The van der Waals surface area contributed by atoms with E-state index in [1.54, 1.807) is 24.3 Å². The molecule has 2 aromatic carbocycles. The van der Waals surface area contributed by atoms with Gasteiger partial charge in [-0.05, 0) is 36.4 Å².